The number of rotatable bonds is 5. The Morgan fingerprint density at radius 3 is 2.84 bits per heavy atom. The van der Waals surface area contributed by atoms with Gasteiger partial charge in [-0.2, -0.15) is 0 Å². The Bertz CT molecular complexity index is 561. The van der Waals surface area contributed by atoms with Gasteiger partial charge in [-0.05, 0) is 5.92 Å². The molecule has 0 radical (unpaired) electrons. The number of anilines is 1. The van der Waals surface area contributed by atoms with Crippen LogP contribution in [0.3, 0.4) is 0 Å². The van der Waals surface area contributed by atoms with E-state index < -0.39 is 0 Å². The van der Waals surface area contributed by atoms with Crippen LogP contribution in [0.15, 0.2) is 0 Å². The molecular weight excluding hydrogens is 264 g/mol. The van der Waals surface area contributed by atoms with E-state index >= 15 is 0 Å². The van der Waals surface area contributed by atoms with Crippen molar-refractivity contribution in [3.63, 3.8) is 0 Å². The van der Waals surface area contributed by atoms with Crippen molar-refractivity contribution in [3.05, 3.63) is 16.7 Å². The van der Waals surface area contributed by atoms with Gasteiger partial charge in [0.1, 0.15) is 10.8 Å². The molecule has 2 rings (SSSR count). The summed E-state index contributed by atoms with van der Waals surface area (Å²) < 4.78 is 0. The largest absolute Gasteiger partial charge is 0.297 e. The molecule has 7 nitrogen and oxygen atoms in total. The molecule has 1 amide bonds. The highest BCUT2D eigenvalue weighted by molar-refractivity contribution is 7.15. The van der Waals surface area contributed by atoms with Gasteiger partial charge in [0, 0.05) is 12.8 Å². The van der Waals surface area contributed by atoms with Crippen LogP contribution in [0.5, 0.6) is 0 Å². The van der Waals surface area contributed by atoms with E-state index in [1.165, 1.54) is 11.3 Å². The number of hydrogen-bond acceptors (Lipinski definition) is 6. The maximum Gasteiger partial charge on any atom is 0.297 e. The number of amides is 1. The van der Waals surface area contributed by atoms with Gasteiger partial charge in [0.25, 0.3) is 5.91 Å². The molecule has 0 unspecified atom stereocenters. The van der Waals surface area contributed by atoms with Crippen LogP contribution in [0.1, 0.15) is 42.2 Å². The first kappa shape index (κ1) is 13.6. The fourth-order valence-electron chi connectivity index (χ4n) is 1.44. The lowest BCUT2D eigenvalue weighted by Crippen LogP contribution is -2.13. The van der Waals surface area contributed by atoms with Crippen LogP contribution in [-0.2, 0) is 12.8 Å². The van der Waals surface area contributed by atoms with Crippen molar-refractivity contribution in [1.82, 2.24) is 25.4 Å². The fraction of sp³-hybridized carbons (Fsp3) is 0.545. The summed E-state index contributed by atoms with van der Waals surface area (Å²) >= 11 is 1.38. The summed E-state index contributed by atoms with van der Waals surface area (Å²) in [6.07, 6.45) is 1.56. The minimum atomic E-state index is -0.372. The Balaban J connectivity index is 2.00. The van der Waals surface area contributed by atoms with Gasteiger partial charge in [0.2, 0.25) is 11.0 Å². The minimum Gasteiger partial charge on any atom is -0.294 e. The Hall–Kier alpha value is -1.83. The number of hydrogen-bond donors (Lipinski definition) is 2. The van der Waals surface area contributed by atoms with Gasteiger partial charge in [-0.1, -0.05) is 32.1 Å². The topological polar surface area (TPSA) is 96.5 Å². The zero-order valence-electron chi connectivity index (χ0n) is 11.1. The van der Waals surface area contributed by atoms with Gasteiger partial charge in [0.15, 0.2) is 0 Å². The van der Waals surface area contributed by atoms with Crippen LogP contribution in [0.25, 0.3) is 0 Å². The Kier molecular flexibility index (Phi) is 4.20. The second-order valence-corrected chi connectivity index (χ2v) is 5.57. The zero-order valence-corrected chi connectivity index (χ0v) is 11.9. The van der Waals surface area contributed by atoms with Crippen LogP contribution >= 0.6 is 11.3 Å². The summed E-state index contributed by atoms with van der Waals surface area (Å²) in [6.45, 7) is 6.16. The lowest BCUT2D eigenvalue weighted by molar-refractivity contribution is 0.101. The molecule has 2 aromatic rings. The summed E-state index contributed by atoms with van der Waals surface area (Å²) in [6, 6.07) is 0. The molecule has 0 bridgehead atoms. The monoisotopic (exact) mass is 280 g/mol. The molecule has 102 valence electrons. The van der Waals surface area contributed by atoms with Crippen molar-refractivity contribution in [3.8, 4) is 0 Å². The van der Waals surface area contributed by atoms with E-state index in [9.17, 15) is 4.79 Å². The van der Waals surface area contributed by atoms with Gasteiger partial charge in [-0.3, -0.25) is 15.2 Å². The van der Waals surface area contributed by atoms with E-state index in [2.05, 4.69) is 44.5 Å². The van der Waals surface area contributed by atoms with E-state index in [4.69, 9.17) is 0 Å². The molecule has 0 aliphatic heterocycles. The van der Waals surface area contributed by atoms with E-state index in [-0.39, 0.29) is 11.7 Å². The van der Waals surface area contributed by atoms with E-state index in [0.717, 1.165) is 11.4 Å². The third-order valence-corrected chi connectivity index (χ3v) is 3.20. The van der Waals surface area contributed by atoms with Crippen molar-refractivity contribution in [2.45, 2.75) is 33.6 Å². The first-order chi connectivity index (χ1) is 9.08. The third kappa shape index (κ3) is 3.57. The van der Waals surface area contributed by atoms with Crippen molar-refractivity contribution in [2.75, 3.05) is 5.32 Å². The highest BCUT2D eigenvalue weighted by Gasteiger charge is 2.14. The second kappa shape index (κ2) is 5.87. The van der Waals surface area contributed by atoms with Crippen LogP contribution in [0.4, 0.5) is 5.13 Å². The Morgan fingerprint density at radius 1 is 1.42 bits per heavy atom. The lowest BCUT2D eigenvalue weighted by atomic mass is 10.1. The molecule has 0 aliphatic rings. The highest BCUT2D eigenvalue weighted by atomic mass is 32.1. The highest BCUT2D eigenvalue weighted by Crippen LogP contribution is 2.18. The summed E-state index contributed by atoms with van der Waals surface area (Å²) in [5.41, 5.74) is 0. The fourth-order valence-corrected chi connectivity index (χ4v) is 2.39. The van der Waals surface area contributed by atoms with Gasteiger partial charge >= 0.3 is 0 Å². The molecule has 0 saturated carbocycles. The summed E-state index contributed by atoms with van der Waals surface area (Å²) in [5.74, 6) is 0.945. The summed E-state index contributed by atoms with van der Waals surface area (Å²) in [4.78, 5) is 15.9. The lowest BCUT2D eigenvalue weighted by Gasteiger charge is -1.97. The standard InChI is InChI=1S/C11H16N6OS/c1-4-7-12-9(16-14-7)10(18)13-11-17-15-8(19-11)5-6(2)3/h6H,4-5H2,1-3H3,(H,12,14,16)(H,13,17,18). The number of nitrogens with zero attached hydrogens (tertiary/aromatic N) is 4. The third-order valence-electron chi connectivity index (χ3n) is 2.34. The normalized spacial score (nSPS) is 10.9. The molecule has 19 heavy (non-hydrogen) atoms. The predicted octanol–water partition coefficient (Wildman–Crippen LogP) is 1.67. The van der Waals surface area contributed by atoms with Gasteiger partial charge < -0.3 is 0 Å². The predicted molar refractivity (Wildman–Crippen MR) is 72.2 cm³/mol. The summed E-state index contributed by atoms with van der Waals surface area (Å²) in [5, 5.41) is 18.5. The zero-order chi connectivity index (χ0) is 13.8. The number of H-pyrrole nitrogens is 1. The molecule has 2 N–H and O–H groups in total. The minimum absolute atomic E-state index is 0.123. The van der Waals surface area contributed by atoms with Crippen molar-refractivity contribution >= 4 is 22.4 Å². The van der Waals surface area contributed by atoms with Crippen molar-refractivity contribution in [1.29, 1.82) is 0 Å². The molecule has 0 aromatic carbocycles. The molecule has 0 saturated heterocycles. The van der Waals surface area contributed by atoms with E-state index in [1.807, 2.05) is 6.92 Å². The van der Waals surface area contributed by atoms with Crippen LogP contribution in [0, 0.1) is 5.92 Å². The second-order valence-electron chi connectivity index (χ2n) is 4.51. The van der Waals surface area contributed by atoms with Crippen molar-refractivity contribution < 1.29 is 4.79 Å². The number of aromatic nitrogens is 5. The average molecular weight is 280 g/mol. The average Bonchev–Trinajstić information content (AvgIpc) is 2.97. The summed E-state index contributed by atoms with van der Waals surface area (Å²) in [7, 11) is 0. The number of aryl methyl sites for hydroxylation is 1. The van der Waals surface area contributed by atoms with Gasteiger partial charge in [0.05, 0.1) is 0 Å². The molecular formula is C11H16N6OS. The Morgan fingerprint density at radius 2 is 2.21 bits per heavy atom. The molecule has 8 heteroatoms. The number of nitrogens with one attached hydrogen (secondary N) is 2. The first-order valence-corrected chi connectivity index (χ1v) is 6.95. The van der Waals surface area contributed by atoms with Gasteiger partial charge in [-0.15, -0.1) is 15.3 Å². The van der Waals surface area contributed by atoms with E-state index in [0.29, 0.717) is 23.3 Å². The number of carbonyl (C=O) groups is 1. The SMILES string of the molecule is CCc1nc(C(=O)Nc2nnc(CC(C)C)s2)n[nH]1. The Labute approximate surface area is 114 Å². The van der Waals surface area contributed by atoms with Crippen LogP contribution in [0.2, 0.25) is 0 Å². The maximum atomic E-state index is 11.9. The quantitative estimate of drug-likeness (QED) is 0.868. The van der Waals surface area contributed by atoms with E-state index in [1.54, 1.807) is 0 Å². The molecule has 0 aliphatic carbocycles. The maximum absolute atomic E-state index is 11.9. The molecule has 2 heterocycles. The van der Waals surface area contributed by atoms with Gasteiger partial charge in [-0.25, -0.2) is 4.98 Å². The molecule has 0 atom stereocenters. The smallest absolute Gasteiger partial charge is 0.294 e. The number of carbonyl (C=O) groups excluding carboxylic acids is 1. The molecule has 2 aromatic heterocycles. The van der Waals surface area contributed by atoms with Crippen LogP contribution < -0.4 is 5.32 Å². The molecule has 0 spiro atoms. The first-order valence-electron chi connectivity index (χ1n) is 6.13. The molecule has 0 fully saturated rings. The van der Waals surface area contributed by atoms with Crippen LogP contribution in [-0.4, -0.2) is 31.3 Å². The number of aromatic amines is 1. The van der Waals surface area contributed by atoms with Crippen molar-refractivity contribution in [2.24, 2.45) is 5.92 Å².